The molecule has 0 bridgehead atoms. The van der Waals surface area contributed by atoms with Crippen molar-refractivity contribution in [3.63, 3.8) is 0 Å². The average molecular weight is 318 g/mol. The maximum absolute atomic E-state index is 11.8. The first-order valence-electron chi connectivity index (χ1n) is 8.49. The minimum atomic E-state index is 0.0631. The zero-order chi connectivity index (χ0) is 17.0. The van der Waals surface area contributed by atoms with Gasteiger partial charge < -0.3 is 4.90 Å². The lowest BCUT2D eigenvalue weighted by Crippen LogP contribution is -2.41. The van der Waals surface area contributed by atoms with E-state index in [0.717, 1.165) is 43.7 Å². The van der Waals surface area contributed by atoms with Crippen LogP contribution in [0.25, 0.3) is 0 Å². The van der Waals surface area contributed by atoms with Crippen LogP contribution < -0.4 is 0 Å². The van der Waals surface area contributed by atoms with Gasteiger partial charge >= 0.3 is 0 Å². The first kappa shape index (κ1) is 17.9. The summed E-state index contributed by atoms with van der Waals surface area (Å²) in [5.41, 5.74) is 2.32. The minimum absolute atomic E-state index is 0.0631. The fourth-order valence-electron chi connectivity index (χ4n) is 2.90. The molecule has 0 aliphatic carbocycles. The number of likely N-dealkylation sites (N-methyl/N-ethyl adjacent to an activating group) is 1. The molecule has 0 spiro atoms. The Hall–Kier alpha value is -1.49. The van der Waals surface area contributed by atoms with Crippen molar-refractivity contribution in [1.82, 2.24) is 19.8 Å². The molecule has 2 heterocycles. The lowest BCUT2D eigenvalue weighted by Gasteiger charge is -2.32. The third-order valence-electron chi connectivity index (χ3n) is 4.55. The lowest BCUT2D eigenvalue weighted by atomic mass is 9.89. The first-order valence-corrected chi connectivity index (χ1v) is 8.49. The van der Waals surface area contributed by atoms with Crippen LogP contribution in [-0.4, -0.2) is 59.4 Å². The number of piperidine rings is 1. The smallest absolute Gasteiger partial charge is 0.236 e. The lowest BCUT2D eigenvalue weighted by molar-refractivity contribution is -0.130. The van der Waals surface area contributed by atoms with Crippen LogP contribution in [0.2, 0.25) is 0 Å². The molecule has 128 valence electrons. The number of rotatable bonds is 4. The molecule has 1 aliphatic rings. The van der Waals surface area contributed by atoms with E-state index in [4.69, 9.17) is 0 Å². The Kier molecular flexibility index (Phi) is 5.74. The van der Waals surface area contributed by atoms with Gasteiger partial charge in [-0.1, -0.05) is 20.8 Å². The van der Waals surface area contributed by atoms with Gasteiger partial charge in [-0.25, -0.2) is 9.97 Å². The number of nitrogens with zero attached hydrogens (tertiary/aromatic N) is 4. The summed E-state index contributed by atoms with van der Waals surface area (Å²) in [5.74, 6) is 0.845. The second-order valence-corrected chi connectivity index (χ2v) is 7.86. The number of likely N-dealkylation sites (tertiary alicyclic amines) is 1. The Labute approximate surface area is 140 Å². The number of carbonyl (C=O) groups excluding carboxylic acids is 1. The summed E-state index contributed by atoms with van der Waals surface area (Å²) in [7, 11) is 3.63. The summed E-state index contributed by atoms with van der Waals surface area (Å²) >= 11 is 0. The van der Waals surface area contributed by atoms with E-state index in [2.05, 4.69) is 41.7 Å². The van der Waals surface area contributed by atoms with Gasteiger partial charge in [0.25, 0.3) is 0 Å². The van der Waals surface area contributed by atoms with Crippen molar-refractivity contribution in [2.24, 2.45) is 5.92 Å². The molecule has 2 rings (SSSR count). The van der Waals surface area contributed by atoms with Crippen molar-refractivity contribution in [3.8, 4) is 0 Å². The predicted octanol–water partition coefficient (Wildman–Crippen LogP) is 2.12. The quantitative estimate of drug-likeness (QED) is 0.853. The van der Waals surface area contributed by atoms with Crippen molar-refractivity contribution in [3.05, 3.63) is 23.8 Å². The largest absolute Gasteiger partial charge is 0.348 e. The number of carbonyl (C=O) groups is 1. The maximum Gasteiger partial charge on any atom is 0.236 e. The van der Waals surface area contributed by atoms with E-state index in [9.17, 15) is 4.79 Å². The summed E-state index contributed by atoms with van der Waals surface area (Å²) < 4.78 is 0. The van der Waals surface area contributed by atoms with E-state index in [-0.39, 0.29) is 11.3 Å². The summed E-state index contributed by atoms with van der Waals surface area (Å²) in [6.45, 7) is 9.09. The highest BCUT2D eigenvalue weighted by Crippen LogP contribution is 2.24. The van der Waals surface area contributed by atoms with Crippen LogP contribution in [-0.2, 0) is 16.6 Å². The van der Waals surface area contributed by atoms with E-state index in [1.807, 2.05) is 14.1 Å². The molecule has 0 radical (unpaired) electrons. The highest BCUT2D eigenvalue weighted by atomic mass is 16.2. The molecule has 1 amide bonds. The Morgan fingerprint density at radius 1 is 1.26 bits per heavy atom. The van der Waals surface area contributed by atoms with Crippen molar-refractivity contribution >= 4 is 5.91 Å². The molecule has 0 aromatic carbocycles. The molecule has 1 fully saturated rings. The van der Waals surface area contributed by atoms with Crippen molar-refractivity contribution in [1.29, 1.82) is 0 Å². The Morgan fingerprint density at radius 3 is 2.48 bits per heavy atom. The van der Waals surface area contributed by atoms with Gasteiger partial charge in [-0.2, -0.15) is 0 Å². The van der Waals surface area contributed by atoms with Gasteiger partial charge in [0.2, 0.25) is 5.91 Å². The van der Waals surface area contributed by atoms with Crippen LogP contribution in [0, 0.1) is 5.92 Å². The van der Waals surface area contributed by atoms with E-state index < -0.39 is 0 Å². The van der Waals surface area contributed by atoms with Gasteiger partial charge in [0, 0.05) is 30.9 Å². The Morgan fingerprint density at radius 2 is 1.91 bits per heavy atom. The third-order valence-corrected chi connectivity index (χ3v) is 4.55. The van der Waals surface area contributed by atoms with Crippen LogP contribution in [0.5, 0.6) is 0 Å². The maximum atomic E-state index is 11.8. The molecule has 1 aromatic rings. The molecule has 0 saturated carbocycles. The Balaban J connectivity index is 1.86. The van der Waals surface area contributed by atoms with Gasteiger partial charge in [0.05, 0.1) is 6.54 Å². The molecular formula is C18H30N4O. The number of aromatic nitrogens is 2. The SMILES string of the molecule is CN(C)C(=O)CN1CCC(Cc2cc(C(C)(C)C)ncn2)CC1. The van der Waals surface area contributed by atoms with E-state index in [0.29, 0.717) is 12.5 Å². The third kappa shape index (κ3) is 5.27. The fraction of sp³-hybridized carbons (Fsp3) is 0.722. The topological polar surface area (TPSA) is 49.3 Å². The average Bonchev–Trinajstić information content (AvgIpc) is 2.48. The predicted molar refractivity (Wildman–Crippen MR) is 92.3 cm³/mol. The normalized spacial score (nSPS) is 17.3. The molecule has 5 heteroatoms. The number of hydrogen-bond donors (Lipinski definition) is 0. The van der Waals surface area contributed by atoms with Crippen LogP contribution in [0.15, 0.2) is 12.4 Å². The summed E-state index contributed by atoms with van der Waals surface area (Å²) in [4.78, 5) is 24.6. The highest BCUT2D eigenvalue weighted by Gasteiger charge is 2.23. The molecule has 0 unspecified atom stereocenters. The monoisotopic (exact) mass is 318 g/mol. The molecule has 1 aromatic heterocycles. The summed E-state index contributed by atoms with van der Waals surface area (Å²) in [6, 6.07) is 2.15. The molecule has 5 nitrogen and oxygen atoms in total. The van der Waals surface area contributed by atoms with Gasteiger partial charge in [0.15, 0.2) is 0 Å². The molecule has 1 saturated heterocycles. The van der Waals surface area contributed by atoms with Gasteiger partial charge in [-0.3, -0.25) is 9.69 Å². The molecule has 1 aliphatic heterocycles. The Bertz CT molecular complexity index is 528. The van der Waals surface area contributed by atoms with E-state index in [1.54, 1.807) is 11.2 Å². The van der Waals surface area contributed by atoms with Crippen LogP contribution in [0.3, 0.4) is 0 Å². The summed E-state index contributed by atoms with van der Waals surface area (Å²) in [6.07, 6.45) is 4.98. The zero-order valence-corrected chi connectivity index (χ0v) is 15.2. The second kappa shape index (κ2) is 7.39. The molecule has 0 N–H and O–H groups in total. The van der Waals surface area contributed by atoms with Crippen LogP contribution in [0.1, 0.15) is 45.0 Å². The zero-order valence-electron chi connectivity index (χ0n) is 15.2. The van der Waals surface area contributed by atoms with E-state index >= 15 is 0 Å². The van der Waals surface area contributed by atoms with Crippen molar-refractivity contribution < 1.29 is 4.79 Å². The van der Waals surface area contributed by atoms with Crippen LogP contribution >= 0.6 is 0 Å². The minimum Gasteiger partial charge on any atom is -0.348 e. The second-order valence-electron chi connectivity index (χ2n) is 7.86. The van der Waals surface area contributed by atoms with Gasteiger partial charge in [0.1, 0.15) is 6.33 Å². The summed E-state index contributed by atoms with van der Waals surface area (Å²) in [5, 5.41) is 0. The van der Waals surface area contributed by atoms with Gasteiger partial charge in [-0.15, -0.1) is 0 Å². The van der Waals surface area contributed by atoms with E-state index in [1.165, 1.54) is 0 Å². The van der Waals surface area contributed by atoms with Crippen LogP contribution in [0.4, 0.5) is 0 Å². The van der Waals surface area contributed by atoms with Crippen molar-refractivity contribution in [2.45, 2.75) is 45.4 Å². The molecule has 23 heavy (non-hydrogen) atoms. The molecular weight excluding hydrogens is 288 g/mol. The molecule has 0 atom stereocenters. The van der Waals surface area contributed by atoms with Crippen molar-refractivity contribution in [2.75, 3.05) is 33.7 Å². The standard InChI is InChI=1S/C18H30N4O/c1-18(2,3)16-11-15(19-13-20-16)10-14-6-8-22(9-7-14)12-17(23)21(4)5/h11,13-14H,6-10,12H2,1-5H3. The fourth-order valence-corrected chi connectivity index (χ4v) is 2.90. The number of hydrogen-bond acceptors (Lipinski definition) is 4. The first-order chi connectivity index (χ1) is 10.8. The van der Waals surface area contributed by atoms with Gasteiger partial charge in [-0.05, 0) is 44.3 Å². The number of amides is 1. The highest BCUT2D eigenvalue weighted by molar-refractivity contribution is 5.77.